The van der Waals surface area contributed by atoms with Crippen molar-refractivity contribution in [2.75, 3.05) is 0 Å². The van der Waals surface area contributed by atoms with Crippen molar-refractivity contribution in [2.24, 2.45) is 7.05 Å². The molecule has 1 N–H and O–H groups in total. The third-order valence-electron chi connectivity index (χ3n) is 3.75. The van der Waals surface area contributed by atoms with Gasteiger partial charge in [-0.15, -0.1) is 0 Å². The van der Waals surface area contributed by atoms with E-state index >= 15 is 0 Å². The van der Waals surface area contributed by atoms with Crippen LogP contribution in [0.4, 0.5) is 0 Å². The van der Waals surface area contributed by atoms with Gasteiger partial charge in [0.2, 0.25) is 0 Å². The molecule has 0 bridgehead atoms. The fraction of sp³-hybridized carbons (Fsp3) is 0.438. The van der Waals surface area contributed by atoms with Crippen molar-refractivity contribution in [3.8, 4) is 11.5 Å². The van der Waals surface area contributed by atoms with Gasteiger partial charge in [0.05, 0.1) is 12.4 Å². The maximum atomic E-state index is 4.47. The molecule has 0 amide bonds. The molecule has 0 saturated heterocycles. The highest BCUT2D eigenvalue weighted by Crippen LogP contribution is 2.16. The predicted molar refractivity (Wildman–Crippen MR) is 85.3 cm³/mol. The van der Waals surface area contributed by atoms with Crippen LogP contribution in [0.5, 0.6) is 0 Å². The van der Waals surface area contributed by atoms with Gasteiger partial charge in [0.1, 0.15) is 11.5 Å². The summed E-state index contributed by atoms with van der Waals surface area (Å²) in [5, 5.41) is 4.20. The molecular weight excluding hydrogens is 276 g/mol. The highest BCUT2D eigenvalue weighted by molar-refractivity contribution is 5.48. The summed E-state index contributed by atoms with van der Waals surface area (Å²) in [6.45, 7) is 3.07. The minimum Gasteiger partial charge on any atom is -0.339 e. The highest BCUT2D eigenvalue weighted by Gasteiger charge is 2.09. The molecule has 0 aromatic carbocycles. The van der Waals surface area contributed by atoms with Gasteiger partial charge < -0.3 is 9.55 Å². The molecule has 0 radical (unpaired) electrons. The monoisotopic (exact) mass is 298 g/mol. The molecule has 3 rings (SSSR count). The summed E-state index contributed by atoms with van der Waals surface area (Å²) in [5.41, 5.74) is 2.22. The van der Waals surface area contributed by atoms with Gasteiger partial charge >= 0.3 is 0 Å². The van der Waals surface area contributed by atoms with E-state index in [2.05, 4.69) is 37.7 Å². The van der Waals surface area contributed by atoms with Crippen LogP contribution in [-0.2, 0) is 26.4 Å². The van der Waals surface area contributed by atoms with E-state index in [1.807, 2.05) is 36.5 Å². The van der Waals surface area contributed by atoms with E-state index in [-0.39, 0.29) is 0 Å². The number of hydrogen-bond donors (Lipinski definition) is 1. The molecule has 0 atom stereocenters. The van der Waals surface area contributed by atoms with Crippen LogP contribution in [-0.4, -0.2) is 29.3 Å². The maximum absolute atomic E-state index is 4.47. The number of aryl methyl sites for hydroxylation is 4. The maximum Gasteiger partial charge on any atom is 0.158 e. The minimum atomic E-state index is 0.879. The van der Waals surface area contributed by atoms with Crippen molar-refractivity contribution in [2.45, 2.75) is 39.2 Å². The molecule has 0 spiro atoms. The Hall–Kier alpha value is -2.37. The number of rotatable bonds is 7. The number of aromatic amines is 1. The van der Waals surface area contributed by atoms with Crippen molar-refractivity contribution >= 4 is 0 Å². The van der Waals surface area contributed by atoms with E-state index < -0.39 is 0 Å². The fourth-order valence-corrected chi connectivity index (χ4v) is 2.53. The van der Waals surface area contributed by atoms with Gasteiger partial charge in [-0.05, 0) is 18.4 Å². The molecule has 3 heterocycles. The number of imidazole rings is 2. The van der Waals surface area contributed by atoms with E-state index in [1.165, 1.54) is 12.0 Å². The first-order valence-corrected chi connectivity index (χ1v) is 7.79. The summed E-state index contributed by atoms with van der Waals surface area (Å²) >= 11 is 0. The first kappa shape index (κ1) is 14.6. The number of nitrogens with zero attached hydrogens (tertiary/aromatic N) is 5. The summed E-state index contributed by atoms with van der Waals surface area (Å²) in [6, 6.07) is 0. The first-order valence-electron chi connectivity index (χ1n) is 7.79. The van der Waals surface area contributed by atoms with E-state index in [0.29, 0.717) is 0 Å². The summed E-state index contributed by atoms with van der Waals surface area (Å²) < 4.78 is 3.99. The Kier molecular flexibility index (Phi) is 4.37. The number of aromatic nitrogens is 6. The zero-order chi connectivity index (χ0) is 15.4. The van der Waals surface area contributed by atoms with Crippen LogP contribution in [0.1, 0.15) is 31.2 Å². The van der Waals surface area contributed by atoms with Gasteiger partial charge in [-0.25, -0.2) is 9.97 Å². The lowest BCUT2D eigenvalue weighted by Gasteiger charge is -2.05. The summed E-state index contributed by atoms with van der Waals surface area (Å²) in [7, 11) is 1.94. The average molecular weight is 298 g/mol. The summed E-state index contributed by atoms with van der Waals surface area (Å²) in [6.07, 6.45) is 14.0. The lowest BCUT2D eigenvalue weighted by atomic mass is 10.2. The highest BCUT2D eigenvalue weighted by atomic mass is 15.2. The molecule has 0 fully saturated rings. The summed E-state index contributed by atoms with van der Waals surface area (Å²) in [5.74, 6) is 1.98. The van der Waals surface area contributed by atoms with Gasteiger partial charge in [-0.1, -0.05) is 13.3 Å². The molecule has 0 aliphatic rings. The molecule has 22 heavy (non-hydrogen) atoms. The average Bonchev–Trinajstić information content (AvgIpc) is 3.23. The smallest absolute Gasteiger partial charge is 0.158 e. The van der Waals surface area contributed by atoms with Crippen LogP contribution >= 0.6 is 0 Å². The standard InChI is InChI=1S/C16H22N6/c1-3-4-5-15-18-11-14(20-15)16-17-7-9-22(16)8-6-13-10-19-21(2)12-13/h7,9-12H,3-6,8H2,1-2H3,(H,18,20). The van der Waals surface area contributed by atoms with Crippen LogP contribution in [0.3, 0.4) is 0 Å². The van der Waals surface area contributed by atoms with Crippen LogP contribution in [0, 0.1) is 0 Å². The molecule has 0 aliphatic heterocycles. The topological polar surface area (TPSA) is 64.3 Å². The Morgan fingerprint density at radius 3 is 2.86 bits per heavy atom. The van der Waals surface area contributed by atoms with Crippen molar-refractivity contribution in [3.63, 3.8) is 0 Å². The molecule has 116 valence electrons. The predicted octanol–water partition coefficient (Wildman–Crippen LogP) is 2.59. The Bertz CT molecular complexity index is 720. The molecule has 0 saturated carbocycles. The molecule has 0 aliphatic carbocycles. The SMILES string of the molecule is CCCCc1ncc(-c2nccn2CCc2cnn(C)c2)[nH]1. The van der Waals surface area contributed by atoms with Crippen LogP contribution < -0.4 is 0 Å². The largest absolute Gasteiger partial charge is 0.339 e. The van der Waals surface area contributed by atoms with Gasteiger partial charge in [0.25, 0.3) is 0 Å². The summed E-state index contributed by atoms with van der Waals surface area (Å²) in [4.78, 5) is 12.3. The van der Waals surface area contributed by atoms with E-state index in [1.54, 1.807) is 0 Å². The molecule has 3 aromatic rings. The normalized spacial score (nSPS) is 11.2. The third-order valence-corrected chi connectivity index (χ3v) is 3.75. The van der Waals surface area contributed by atoms with E-state index in [4.69, 9.17) is 0 Å². The second-order valence-corrected chi connectivity index (χ2v) is 5.56. The molecule has 3 aromatic heterocycles. The number of H-pyrrole nitrogens is 1. The third kappa shape index (κ3) is 3.27. The van der Waals surface area contributed by atoms with Crippen molar-refractivity contribution in [1.29, 1.82) is 0 Å². The lowest BCUT2D eigenvalue weighted by molar-refractivity contribution is 0.700. The van der Waals surface area contributed by atoms with Gasteiger partial charge in [0.15, 0.2) is 5.82 Å². The van der Waals surface area contributed by atoms with Crippen molar-refractivity contribution < 1.29 is 0 Å². The quantitative estimate of drug-likeness (QED) is 0.729. The van der Waals surface area contributed by atoms with Gasteiger partial charge in [-0.2, -0.15) is 5.10 Å². The Balaban J connectivity index is 1.70. The van der Waals surface area contributed by atoms with Crippen LogP contribution in [0.15, 0.2) is 31.0 Å². The van der Waals surface area contributed by atoms with Gasteiger partial charge in [-0.3, -0.25) is 4.68 Å². The van der Waals surface area contributed by atoms with E-state index in [0.717, 1.165) is 43.1 Å². The van der Waals surface area contributed by atoms with E-state index in [9.17, 15) is 0 Å². The molecular formula is C16H22N6. The fourth-order valence-electron chi connectivity index (χ4n) is 2.53. The molecule has 6 heteroatoms. The second-order valence-electron chi connectivity index (χ2n) is 5.56. The van der Waals surface area contributed by atoms with Gasteiger partial charge in [0, 0.05) is 38.6 Å². The Labute approximate surface area is 130 Å². The zero-order valence-electron chi connectivity index (χ0n) is 13.2. The van der Waals surface area contributed by atoms with Crippen LogP contribution in [0.25, 0.3) is 11.5 Å². The van der Waals surface area contributed by atoms with Crippen molar-refractivity contribution in [3.05, 3.63) is 42.4 Å². The number of hydrogen-bond acceptors (Lipinski definition) is 3. The van der Waals surface area contributed by atoms with Crippen LogP contribution in [0.2, 0.25) is 0 Å². The molecule has 0 unspecified atom stereocenters. The Morgan fingerprint density at radius 1 is 1.18 bits per heavy atom. The minimum absolute atomic E-state index is 0.879. The number of nitrogens with one attached hydrogen (secondary N) is 1. The number of unbranched alkanes of at least 4 members (excludes halogenated alkanes) is 1. The molecule has 6 nitrogen and oxygen atoms in total. The Morgan fingerprint density at radius 2 is 2.09 bits per heavy atom. The first-order chi connectivity index (χ1) is 10.8. The zero-order valence-corrected chi connectivity index (χ0v) is 13.2. The second kappa shape index (κ2) is 6.60. The van der Waals surface area contributed by atoms with Crippen molar-refractivity contribution in [1.82, 2.24) is 29.3 Å². The lowest BCUT2D eigenvalue weighted by Crippen LogP contribution is -2.02.